The molecule has 0 amide bonds. The van der Waals surface area contributed by atoms with E-state index in [1.165, 1.54) is 0 Å². The summed E-state index contributed by atoms with van der Waals surface area (Å²) in [6.45, 7) is 0.749. The van der Waals surface area contributed by atoms with E-state index in [0.717, 1.165) is 51.3 Å². The summed E-state index contributed by atoms with van der Waals surface area (Å²) in [4.78, 5) is 19.4. The first kappa shape index (κ1) is 20.3. The van der Waals surface area contributed by atoms with Crippen LogP contribution < -0.4 is 14.8 Å². The van der Waals surface area contributed by atoms with Crippen molar-refractivity contribution in [3.05, 3.63) is 82.7 Å². The highest BCUT2D eigenvalue weighted by Crippen LogP contribution is 2.35. The van der Waals surface area contributed by atoms with Gasteiger partial charge in [0.15, 0.2) is 17.3 Å². The van der Waals surface area contributed by atoms with Gasteiger partial charge in [-0.3, -0.25) is 4.79 Å². The van der Waals surface area contributed by atoms with Crippen molar-refractivity contribution >= 4 is 33.7 Å². The van der Waals surface area contributed by atoms with Crippen LogP contribution in [0.1, 0.15) is 21.5 Å². The summed E-state index contributed by atoms with van der Waals surface area (Å²) in [5, 5.41) is 6.24. The Morgan fingerprint density at radius 2 is 1.88 bits per heavy atom. The molecule has 3 heterocycles. The molecule has 6 heteroatoms. The molecule has 0 saturated carbocycles. The van der Waals surface area contributed by atoms with E-state index in [0.29, 0.717) is 17.1 Å². The Morgan fingerprint density at radius 3 is 2.66 bits per heavy atom. The molecule has 160 valence electrons. The maximum Gasteiger partial charge on any atom is 0.188 e. The third-order valence-electron chi connectivity index (χ3n) is 5.64. The predicted octanol–water partition coefficient (Wildman–Crippen LogP) is 5.35. The number of thiophene rings is 1. The summed E-state index contributed by atoms with van der Waals surface area (Å²) in [7, 11) is 3.25. The standard InChI is InChI=1S/C26H22N2O3S/c1-30-24-12-16-9-10-27-21(18(16)14-25(24)31-2)15-23(29)19-13-22(26-8-5-11-32-26)28-20-7-4-3-6-17(19)20/h3-8,11-15,27H,9-10H2,1-2H3. The van der Waals surface area contributed by atoms with Crippen molar-refractivity contribution in [1.82, 2.24) is 10.3 Å². The molecular weight excluding hydrogens is 420 g/mol. The molecule has 0 atom stereocenters. The zero-order chi connectivity index (χ0) is 22.1. The number of nitrogens with one attached hydrogen (secondary N) is 1. The number of para-hydroxylation sites is 1. The van der Waals surface area contributed by atoms with Gasteiger partial charge in [-0.1, -0.05) is 24.3 Å². The number of carbonyl (C=O) groups is 1. The van der Waals surface area contributed by atoms with Crippen LogP contribution in [-0.2, 0) is 6.42 Å². The lowest BCUT2D eigenvalue weighted by molar-refractivity contribution is 0.104. The number of aromatic nitrogens is 1. The van der Waals surface area contributed by atoms with Crippen molar-refractivity contribution in [3.63, 3.8) is 0 Å². The summed E-state index contributed by atoms with van der Waals surface area (Å²) in [5.74, 6) is 1.27. The zero-order valence-corrected chi connectivity index (χ0v) is 18.7. The van der Waals surface area contributed by atoms with Crippen molar-refractivity contribution in [3.8, 4) is 22.1 Å². The number of ether oxygens (including phenoxy) is 2. The average Bonchev–Trinajstić information content (AvgIpc) is 3.37. The van der Waals surface area contributed by atoms with Gasteiger partial charge in [-0.05, 0) is 47.7 Å². The number of nitrogens with zero attached hydrogens (tertiary/aromatic N) is 1. The van der Waals surface area contributed by atoms with Crippen molar-refractivity contribution in [2.24, 2.45) is 0 Å². The van der Waals surface area contributed by atoms with E-state index >= 15 is 0 Å². The minimum Gasteiger partial charge on any atom is -0.493 e. The topological polar surface area (TPSA) is 60.5 Å². The van der Waals surface area contributed by atoms with Crippen molar-refractivity contribution in [2.75, 3.05) is 20.8 Å². The summed E-state index contributed by atoms with van der Waals surface area (Å²) in [6, 6.07) is 17.6. The molecule has 2 aromatic heterocycles. The SMILES string of the molecule is COc1cc2c(cc1OC)C(=CC(=O)c1cc(-c3cccs3)nc3ccccc13)NCC2. The number of rotatable bonds is 5. The third kappa shape index (κ3) is 3.63. The minimum atomic E-state index is -0.0634. The van der Waals surface area contributed by atoms with Crippen LogP contribution in [0.2, 0.25) is 0 Å². The smallest absolute Gasteiger partial charge is 0.188 e. The number of pyridine rings is 1. The first-order chi connectivity index (χ1) is 15.7. The summed E-state index contributed by atoms with van der Waals surface area (Å²) in [6.07, 6.45) is 2.53. The Bertz CT molecular complexity index is 1340. The summed E-state index contributed by atoms with van der Waals surface area (Å²) < 4.78 is 10.9. The van der Waals surface area contributed by atoms with E-state index < -0.39 is 0 Å². The second kappa shape index (κ2) is 8.48. The maximum atomic E-state index is 13.5. The molecule has 0 fully saturated rings. The van der Waals surface area contributed by atoms with Crippen LogP contribution in [0, 0.1) is 0 Å². The highest BCUT2D eigenvalue weighted by molar-refractivity contribution is 7.13. The quantitative estimate of drug-likeness (QED) is 0.333. The number of ketones is 1. The molecule has 0 aliphatic carbocycles. The van der Waals surface area contributed by atoms with E-state index in [4.69, 9.17) is 14.5 Å². The normalized spacial score (nSPS) is 14.1. The Kier molecular flexibility index (Phi) is 5.37. The molecule has 0 spiro atoms. The Balaban J connectivity index is 1.62. The van der Waals surface area contributed by atoms with Crippen LogP contribution >= 0.6 is 11.3 Å². The molecule has 1 N–H and O–H groups in total. The first-order valence-corrected chi connectivity index (χ1v) is 11.2. The fourth-order valence-electron chi connectivity index (χ4n) is 4.07. The monoisotopic (exact) mass is 442 g/mol. The number of fused-ring (bicyclic) bond motifs is 2. The molecule has 1 aliphatic heterocycles. The van der Waals surface area contributed by atoms with Crippen LogP contribution in [0.25, 0.3) is 27.2 Å². The molecule has 5 rings (SSSR count). The van der Waals surface area contributed by atoms with Gasteiger partial charge in [0.05, 0.1) is 30.3 Å². The average molecular weight is 443 g/mol. The molecule has 4 aromatic rings. The molecule has 5 nitrogen and oxygen atoms in total. The molecule has 32 heavy (non-hydrogen) atoms. The van der Waals surface area contributed by atoms with Crippen LogP contribution in [0.5, 0.6) is 11.5 Å². The lowest BCUT2D eigenvalue weighted by atomic mass is 9.95. The largest absolute Gasteiger partial charge is 0.493 e. The predicted molar refractivity (Wildman–Crippen MR) is 129 cm³/mol. The van der Waals surface area contributed by atoms with Crippen LogP contribution in [0.15, 0.2) is 66.1 Å². The minimum absolute atomic E-state index is 0.0634. The van der Waals surface area contributed by atoms with Crippen molar-refractivity contribution in [2.45, 2.75) is 6.42 Å². The number of allylic oxidation sites excluding steroid dienone is 1. The number of hydrogen-bond acceptors (Lipinski definition) is 6. The van der Waals surface area contributed by atoms with E-state index in [1.54, 1.807) is 31.6 Å². The highest BCUT2D eigenvalue weighted by Gasteiger charge is 2.20. The van der Waals surface area contributed by atoms with Gasteiger partial charge < -0.3 is 14.8 Å². The fourth-order valence-corrected chi connectivity index (χ4v) is 4.76. The molecular formula is C26H22N2O3S. The van der Waals surface area contributed by atoms with Gasteiger partial charge in [-0.2, -0.15) is 0 Å². The highest BCUT2D eigenvalue weighted by atomic mass is 32.1. The van der Waals surface area contributed by atoms with Crippen LogP contribution in [-0.4, -0.2) is 31.5 Å². The zero-order valence-electron chi connectivity index (χ0n) is 17.8. The Morgan fingerprint density at radius 1 is 1.06 bits per heavy atom. The Hall–Kier alpha value is -3.64. The molecule has 0 saturated heterocycles. The lowest BCUT2D eigenvalue weighted by Crippen LogP contribution is -2.23. The van der Waals surface area contributed by atoms with E-state index in [2.05, 4.69) is 5.32 Å². The first-order valence-electron chi connectivity index (χ1n) is 10.4. The van der Waals surface area contributed by atoms with Gasteiger partial charge in [0.25, 0.3) is 0 Å². The molecule has 0 radical (unpaired) electrons. The van der Waals surface area contributed by atoms with Gasteiger partial charge in [-0.15, -0.1) is 11.3 Å². The number of benzene rings is 2. The second-order valence-electron chi connectivity index (χ2n) is 7.51. The fraction of sp³-hybridized carbons (Fsp3) is 0.154. The summed E-state index contributed by atoms with van der Waals surface area (Å²) >= 11 is 1.61. The second-order valence-corrected chi connectivity index (χ2v) is 8.46. The van der Waals surface area contributed by atoms with Gasteiger partial charge in [0, 0.05) is 34.8 Å². The molecule has 0 bridgehead atoms. The Labute approximate surface area is 190 Å². The van der Waals surface area contributed by atoms with Gasteiger partial charge in [0.2, 0.25) is 0 Å². The van der Waals surface area contributed by atoms with E-state index in [9.17, 15) is 4.79 Å². The summed E-state index contributed by atoms with van der Waals surface area (Å²) in [5.41, 5.74) is 5.13. The van der Waals surface area contributed by atoms with Crippen molar-refractivity contribution < 1.29 is 14.3 Å². The third-order valence-corrected chi connectivity index (χ3v) is 6.53. The van der Waals surface area contributed by atoms with E-state index in [-0.39, 0.29) is 5.78 Å². The van der Waals surface area contributed by atoms with Gasteiger partial charge in [-0.25, -0.2) is 4.98 Å². The molecule has 0 unspecified atom stereocenters. The van der Waals surface area contributed by atoms with Crippen LogP contribution in [0.4, 0.5) is 0 Å². The van der Waals surface area contributed by atoms with Gasteiger partial charge >= 0.3 is 0 Å². The molecule has 2 aromatic carbocycles. The number of hydrogen-bond donors (Lipinski definition) is 1. The van der Waals surface area contributed by atoms with Crippen LogP contribution in [0.3, 0.4) is 0 Å². The molecule has 1 aliphatic rings. The van der Waals surface area contributed by atoms with Crippen molar-refractivity contribution in [1.29, 1.82) is 0 Å². The van der Waals surface area contributed by atoms with Gasteiger partial charge in [0.1, 0.15) is 0 Å². The maximum absolute atomic E-state index is 13.5. The van der Waals surface area contributed by atoms with E-state index in [1.807, 2.05) is 60.0 Å². The number of methoxy groups -OCH3 is 2. The lowest BCUT2D eigenvalue weighted by Gasteiger charge is -2.23. The number of carbonyl (C=O) groups excluding carboxylic acids is 1.